The first-order valence-electron chi connectivity index (χ1n) is 9.65. The van der Waals surface area contributed by atoms with Crippen LogP contribution in [-0.4, -0.2) is 33.8 Å². The highest BCUT2D eigenvalue weighted by atomic mass is 35.5. The summed E-state index contributed by atoms with van der Waals surface area (Å²) in [5.74, 6) is 0.955. The van der Waals surface area contributed by atoms with Crippen LogP contribution in [0.1, 0.15) is 72.1 Å². The Labute approximate surface area is 158 Å². The van der Waals surface area contributed by atoms with Crippen LogP contribution in [0.2, 0.25) is 5.02 Å². The van der Waals surface area contributed by atoms with Crippen molar-refractivity contribution in [2.75, 3.05) is 13.1 Å². The fraction of sp³-hybridized carbons (Fsp3) is 0.500. The monoisotopic (exact) mass is 370 g/mol. The first kappa shape index (κ1) is 16.3. The largest absolute Gasteiger partial charge is 0.286 e. The predicted octanol–water partition coefficient (Wildman–Crippen LogP) is 4.02. The number of carbonyl (C=O) groups is 1. The second-order valence-corrected chi connectivity index (χ2v) is 8.17. The summed E-state index contributed by atoms with van der Waals surface area (Å²) in [5.41, 5.74) is 7.12. The fourth-order valence-corrected chi connectivity index (χ4v) is 5.01. The van der Waals surface area contributed by atoms with Gasteiger partial charge in [-0.1, -0.05) is 18.0 Å². The van der Waals surface area contributed by atoms with Crippen LogP contribution in [0, 0.1) is 0 Å². The highest BCUT2D eigenvalue weighted by Crippen LogP contribution is 2.54. The average molecular weight is 371 g/mol. The molecule has 2 aromatic rings. The molecule has 26 heavy (non-hydrogen) atoms. The maximum absolute atomic E-state index is 13.0. The molecule has 136 valence electrons. The van der Waals surface area contributed by atoms with Crippen molar-refractivity contribution in [1.29, 1.82) is 0 Å². The molecule has 2 bridgehead atoms. The van der Waals surface area contributed by atoms with Gasteiger partial charge in [-0.05, 0) is 62.3 Å². The highest BCUT2D eigenvalue weighted by Gasteiger charge is 2.44. The SMILES string of the molecule is O=C(NN1CCCCC1)c1nn(-c2ccc(Cl)cc2)c2c1[C@H]1CC[C@H]2C1. The van der Waals surface area contributed by atoms with Gasteiger partial charge in [-0.3, -0.25) is 10.2 Å². The van der Waals surface area contributed by atoms with Crippen molar-refractivity contribution >= 4 is 17.5 Å². The van der Waals surface area contributed by atoms with Gasteiger partial charge in [-0.2, -0.15) is 5.10 Å². The van der Waals surface area contributed by atoms with Crippen molar-refractivity contribution in [2.24, 2.45) is 0 Å². The Morgan fingerprint density at radius 2 is 1.81 bits per heavy atom. The van der Waals surface area contributed by atoms with E-state index in [9.17, 15) is 4.79 Å². The summed E-state index contributed by atoms with van der Waals surface area (Å²) < 4.78 is 1.99. The molecule has 0 spiro atoms. The molecule has 1 amide bonds. The number of amides is 1. The Bertz CT molecular complexity index is 838. The molecule has 1 aromatic carbocycles. The molecule has 1 N–H and O–H groups in total. The lowest BCUT2D eigenvalue weighted by Crippen LogP contribution is -2.45. The maximum atomic E-state index is 13.0. The van der Waals surface area contributed by atoms with Crippen LogP contribution in [0.25, 0.3) is 5.69 Å². The van der Waals surface area contributed by atoms with Gasteiger partial charge in [0.1, 0.15) is 0 Å². The summed E-state index contributed by atoms with van der Waals surface area (Å²) >= 11 is 6.04. The van der Waals surface area contributed by atoms with Crippen LogP contribution in [-0.2, 0) is 0 Å². The molecular formula is C20H23ClN4O. The number of nitrogens with zero attached hydrogens (tertiary/aromatic N) is 3. The Morgan fingerprint density at radius 3 is 2.58 bits per heavy atom. The van der Waals surface area contributed by atoms with Crippen LogP contribution < -0.4 is 5.43 Å². The molecule has 2 heterocycles. The number of aromatic nitrogens is 2. The number of hydrazine groups is 1. The molecule has 0 radical (unpaired) electrons. The molecule has 6 heteroatoms. The van der Waals surface area contributed by atoms with E-state index in [0.717, 1.165) is 38.0 Å². The van der Waals surface area contributed by atoms with Gasteiger partial charge in [-0.25, -0.2) is 9.69 Å². The zero-order valence-electron chi connectivity index (χ0n) is 14.7. The normalized spacial score (nSPS) is 24.7. The Hall–Kier alpha value is -1.85. The Kier molecular flexibility index (Phi) is 4.02. The van der Waals surface area contributed by atoms with Gasteiger partial charge < -0.3 is 0 Å². The van der Waals surface area contributed by atoms with Crippen LogP contribution in [0.4, 0.5) is 0 Å². The van der Waals surface area contributed by atoms with Crippen LogP contribution in [0.3, 0.4) is 0 Å². The summed E-state index contributed by atoms with van der Waals surface area (Å²) in [6.07, 6.45) is 7.06. The second kappa shape index (κ2) is 6.39. The van der Waals surface area contributed by atoms with E-state index in [4.69, 9.17) is 16.7 Å². The predicted molar refractivity (Wildman–Crippen MR) is 101 cm³/mol. The first-order valence-corrected chi connectivity index (χ1v) is 10.0. The molecule has 2 fully saturated rings. The van der Waals surface area contributed by atoms with E-state index in [2.05, 4.69) is 5.43 Å². The molecule has 1 aromatic heterocycles. The van der Waals surface area contributed by atoms with E-state index in [0.29, 0.717) is 22.6 Å². The number of hydrogen-bond acceptors (Lipinski definition) is 3. The number of benzene rings is 1. The zero-order chi connectivity index (χ0) is 17.7. The Balaban J connectivity index is 1.52. The number of hydrogen-bond donors (Lipinski definition) is 1. The van der Waals surface area contributed by atoms with Crippen LogP contribution in [0.15, 0.2) is 24.3 Å². The van der Waals surface area contributed by atoms with Crippen molar-refractivity contribution < 1.29 is 4.79 Å². The minimum absolute atomic E-state index is 0.0524. The van der Waals surface area contributed by atoms with Crippen molar-refractivity contribution in [2.45, 2.75) is 50.4 Å². The minimum Gasteiger partial charge on any atom is -0.283 e. The smallest absolute Gasteiger partial charge is 0.283 e. The number of nitrogens with one attached hydrogen (secondary N) is 1. The molecule has 3 aliphatic rings. The van der Waals surface area contributed by atoms with Gasteiger partial charge in [0.25, 0.3) is 5.91 Å². The maximum Gasteiger partial charge on any atom is 0.286 e. The highest BCUT2D eigenvalue weighted by molar-refractivity contribution is 6.30. The van der Waals surface area contributed by atoms with E-state index >= 15 is 0 Å². The van der Waals surface area contributed by atoms with Crippen molar-refractivity contribution in [3.63, 3.8) is 0 Å². The van der Waals surface area contributed by atoms with Gasteiger partial charge in [0, 0.05) is 29.6 Å². The molecule has 5 nitrogen and oxygen atoms in total. The minimum atomic E-state index is -0.0524. The summed E-state index contributed by atoms with van der Waals surface area (Å²) in [4.78, 5) is 13.0. The molecule has 1 aliphatic heterocycles. The van der Waals surface area contributed by atoms with E-state index in [1.807, 2.05) is 34.0 Å². The summed E-state index contributed by atoms with van der Waals surface area (Å²) in [7, 11) is 0. The van der Waals surface area contributed by atoms with E-state index in [-0.39, 0.29) is 5.91 Å². The molecular weight excluding hydrogens is 348 g/mol. The molecule has 2 aliphatic carbocycles. The van der Waals surface area contributed by atoms with E-state index in [1.54, 1.807) is 0 Å². The number of piperidine rings is 1. The van der Waals surface area contributed by atoms with Gasteiger partial charge in [0.15, 0.2) is 5.69 Å². The third-order valence-electron chi connectivity index (χ3n) is 6.09. The second-order valence-electron chi connectivity index (χ2n) is 7.73. The number of carbonyl (C=O) groups excluding carboxylic acids is 1. The van der Waals surface area contributed by atoms with E-state index in [1.165, 1.54) is 30.5 Å². The standard InChI is InChI=1S/C20H23ClN4O/c21-15-6-8-16(9-7-15)25-19-14-5-4-13(12-14)17(19)18(22-25)20(26)23-24-10-2-1-3-11-24/h6-9,13-14H,1-5,10-12H2,(H,23,26)/t13-,14-/m0/s1. The molecule has 5 rings (SSSR count). The quantitative estimate of drug-likeness (QED) is 0.887. The number of halogens is 1. The van der Waals surface area contributed by atoms with Crippen LogP contribution in [0.5, 0.6) is 0 Å². The number of fused-ring (bicyclic) bond motifs is 5. The van der Waals surface area contributed by atoms with Crippen molar-refractivity contribution in [1.82, 2.24) is 20.2 Å². The topological polar surface area (TPSA) is 50.2 Å². The lowest BCUT2D eigenvalue weighted by Gasteiger charge is -2.26. The third kappa shape index (κ3) is 2.65. The van der Waals surface area contributed by atoms with Gasteiger partial charge in [0.2, 0.25) is 0 Å². The lowest BCUT2D eigenvalue weighted by atomic mass is 9.95. The molecule has 2 atom stereocenters. The van der Waals surface area contributed by atoms with E-state index < -0.39 is 0 Å². The van der Waals surface area contributed by atoms with Gasteiger partial charge >= 0.3 is 0 Å². The van der Waals surface area contributed by atoms with Gasteiger partial charge in [-0.15, -0.1) is 0 Å². The average Bonchev–Trinajstić information content (AvgIpc) is 3.36. The summed E-state index contributed by atoms with van der Waals surface area (Å²) in [6.45, 7) is 1.86. The zero-order valence-corrected chi connectivity index (χ0v) is 15.5. The molecule has 0 unspecified atom stereocenters. The molecule has 1 saturated carbocycles. The Morgan fingerprint density at radius 1 is 1.08 bits per heavy atom. The molecule has 1 saturated heterocycles. The van der Waals surface area contributed by atoms with Crippen molar-refractivity contribution in [3.05, 3.63) is 46.2 Å². The van der Waals surface area contributed by atoms with Gasteiger partial charge in [0.05, 0.1) is 11.4 Å². The fourth-order valence-electron chi connectivity index (χ4n) is 4.88. The first-order chi connectivity index (χ1) is 12.7. The third-order valence-corrected chi connectivity index (χ3v) is 6.34. The lowest BCUT2D eigenvalue weighted by molar-refractivity contribution is 0.0743. The van der Waals surface area contributed by atoms with Crippen molar-refractivity contribution in [3.8, 4) is 5.69 Å². The summed E-state index contributed by atoms with van der Waals surface area (Å²) in [6, 6.07) is 7.72. The number of rotatable bonds is 3. The van der Waals surface area contributed by atoms with Crippen LogP contribution >= 0.6 is 11.6 Å². The summed E-state index contributed by atoms with van der Waals surface area (Å²) in [5, 5.41) is 7.53.